The number of rotatable bonds is 6. The van der Waals surface area contributed by atoms with Gasteiger partial charge in [0.15, 0.2) is 0 Å². The predicted molar refractivity (Wildman–Crippen MR) is 80.7 cm³/mol. The predicted octanol–water partition coefficient (Wildman–Crippen LogP) is 3.81. The van der Waals surface area contributed by atoms with Crippen LogP contribution in [0.15, 0.2) is 18.2 Å². The van der Waals surface area contributed by atoms with Gasteiger partial charge in [-0.2, -0.15) is 0 Å². The van der Waals surface area contributed by atoms with E-state index in [9.17, 15) is 4.39 Å². The monoisotopic (exact) mass is 299 g/mol. The minimum atomic E-state index is -0.348. The SMILES string of the molecule is CCCNC(Cc1ccc(Cl)c(F)c1)C1OCCC1C. The quantitative estimate of drug-likeness (QED) is 0.862. The van der Waals surface area contributed by atoms with Crippen molar-refractivity contribution in [2.45, 2.75) is 45.3 Å². The number of halogens is 2. The molecule has 0 spiro atoms. The molecule has 20 heavy (non-hydrogen) atoms. The Morgan fingerprint density at radius 1 is 1.50 bits per heavy atom. The Morgan fingerprint density at radius 3 is 2.90 bits per heavy atom. The van der Waals surface area contributed by atoms with Gasteiger partial charge in [-0.15, -0.1) is 0 Å². The van der Waals surface area contributed by atoms with Crippen molar-refractivity contribution in [2.24, 2.45) is 5.92 Å². The van der Waals surface area contributed by atoms with Crippen molar-refractivity contribution in [1.29, 1.82) is 0 Å². The Hall–Kier alpha value is -0.640. The maximum absolute atomic E-state index is 13.6. The van der Waals surface area contributed by atoms with Gasteiger partial charge in [0.05, 0.1) is 11.1 Å². The molecule has 1 fully saturated rings. The third-order valence-electron chi connectivity index (χ3n) is 3.94. The summed E-state index contributed by atoms with van der Waals surface area (Å²) in [6.07, 6.45) is 3.15. The number of hydrogen-bond donors (Lipinski definition) is 1. The first-order chi connectivity index (χ1) is 9.61. The second kappa shape index (κ2) is 7.39. The summed E-state index contributed by atoms with van der Waals surface area (Å²) < 4.78 is 19.4. The summed E-state index contributed by atoms with van der Waals surface area (Å²) in [5.74, 6) is 0.195. The fraction of sp³-hybridized carbons (Fsp3) is 0.625. The number of benzene rings is 1. The highest BCUT2D eigenvalue weighted by Gasteiger charge is 2.31. The van der Waals surface area contributed by atoms with Crippen molar-refractivity contribution in [3.8, 4) is 0 Å². The highest BCUT2D eigenvalue weighted by molar-refractivity contribution is 6.30. The van der Waals surface area contributed by atoms with Gasteiger partial charge in [0.2, 0.25) is 0 Å². The minimum absolute atomic E-state index is 0.178. The summed E-state index contributed by atoms with van der Waals surface area (Å²) in [5, 5.41) is 3.72. The van der Waals surface area contributed by atoms with E-state index in [-0.39, 0.29) is 23.0 Å². The van der Waals surface area contributed by atoms with E-state index in [1.807, 2.05) is 6.07 Å². The highest BCUT2D eigenvalue weighted by atomic mass is 35.5. The van der Waals surface area contributed by atoms with E-state index in [4.69, 9.17) is 16.3 Å². The summed E-state index contributed by atoms with van der Waals surface area (Å²) in [6.45, 7) is 6.14. The fourth-order valence-electron chi connectivity index (χ4n) is 2.79. The molecule has 1 aromatic carbocycles. The minimum Gasteiger partial charge on any atom is -0.376 e. The molecule has 0 saturated carbocycles. The van der Waals surface area contributed by atoms with Crippen LogP contribution < -0.4 is 5.32 Å². The Bertz CT molecular complexity index is 440. The third-order valence-corrected chi connectivity index (χ3v) is 4.24. The molecule has 1 saturated heterocycles. The Kier molecular flexibility index (Phi) is 5.82. The summed E-state index contributed by atoms with van der Waals surface area (Å²) >= 11 is 5.74. The maximum atomic E-state index is 13.6. The molecule has 112 valence electrons. The first-order valence-electron chi connectivity index (χ1n) is 7.40. The fourth-order valence-corrected chi connectivity index (χ4v) is 2.90. The van der Waals surface area contributed by atoms with Gasteiger partial charge < -0.3 is 10.1 Å². The average Bonchev–Trinajstić information content (AvgIpc) is 2.85. The Labute approximate surface area is 125 Å². The molecule has 2 nitrogen and oxygen atoms in total. The van der Waals surface area contributed by atoms with Crippen molar-refractivity contribution < 1.29 is 9.13 Å². The molecule has 1 aliphatic rings. The largest absolute Gasteiger partial charge is 0.376 e. The molecule has 4 heteroatoms. The van der Waals surface area contributed by atoms with Crippen LogP contribution in [0, 0.1) is 11.7 Å². The number of nitrogens with one attached hydrogen (secondary N) is 1. The Morgan fingerprint density at radius 2 is 2.30 bits per heavy atom. The van der Waals surface area contributed by atoms with Crippen LogP contribution in [0.3, 0.4) is 0 Å². The second-order valence-electron chi connectivity index (χ2n) is 5.61. The van der Waals surface area contributed by atoms with Gasteiger partial charge in [0.25, 0.3) is 0 Å². The van der Waals surface area contributed by atoms with Gasteiger partial charge in [0, 0.05) is 12.6 Å². The molecule has 3 atom stereocenters. The lowest BCUT2D eigenvalue weighted by atomic mass is 9.93. The topological polar surface area (TPSA) is 21.3 Å². The molecule has 1 aromatic rings. The molecule has 2 rings (SSSR count). The van der Waals surface area contributed by atoms with Gasteiger partial charge in [-0.05, 0) is 49.4 Å². The second-order valence-corrected chi connectivity index (χ2v) is 6.02. The molecule has 1 aliphatic heterocycles. The number of ether oxygens (including phenoxy) is 1. The standard InChI is InChI=1S/C16H23ClFNO/c1-3-7-19-15(16-11(2)6-8-20-16)10-12-4-5-13(17)14(18)9-12/h4-5,9,11,15-16,19H,3,6-8,10H2,1-2H3. The summed E-state index contributed by atoms with van der Waals surface area (Å²) in [5.41, 5.74) is 0.961. The van der Waals surface area contributed by atoms with Gasteiger partial charge >= 0.3 is 0 Å². The van der Waals surface area contributed by atoms with Gasteiger partial charge in [0.1, 0.15) is 5.82 Å². The van der Waals surface area contributed by atoms with E-state index >= 15 is 0 Å². The zero-order chi connectivity index (χ0) is 14.5. The van der Waals surface area contributed by atoms with E-state index < -0.39 is 0 Å². The Balaban J connectivity index is 2.08. The van der Waals surface area contributed by atoms with Crippen LogP contribution in [0.2, 0.25) is 5.02 Å². The van der Waals surface area contributed by atoms with Gasteiger partial charge in [-0.1, -0.05) is 31.5 Å². The third kappa shape index (κ3) is 3.94. The van der Waals surface area contributed by atoms with E-state index in [2.05, 4.69) is 19.2 Å². The zero-order valence-electron chi connectivity index (χ0n) is 12.2. The number of hydrogen-bond acceptors (Lipinski definition) is 2. The first kappa shape index (κ1) is 15.7. The van der Waals surface area contributed by atoms with Crippen LogP contribution in [0.4, 0.5) is 4.39 Å². The molecule has 1 N–H and O–H groups in total. The molecule has 0 radical (unpaired) electrons. The van der Waals surface area contributed by atoms with Crippen molar-refractivity contribution in [1.82, 2.24) is 5.32 Å². The average molecular weight is 300 g/mol. The van der Waals surface area contributed by atoms with Crippen LogP contribution >= 0.6 is 11.6 Å². The lowest BCUT2D eigenvalue weighted by Gasteiger charge is -2.27. The maximum Gasteiger partial charge on any atom is 0.142 e. The molecular weight excluding hydrogens is 277 g/mol. The zero-order valence-corrected chi connectivity index (χ0v) is 12.9. The van der Waals surface area contributed by atoms with E-state index in [0.29, 0.717) is 5.92 Å². The molecular formula is C16H23ClFNO. The van der Waals surface area contributed by atoms with Crippen LogP contribution in [0.25, 0.3) is 0 Å². The summed E-state index contributed by atoms with van der Waals surface area (Å²) in [4.78, 5) is 0. The lowest BCUT2D eigenvalue weighted by Crippen LogP contribution is -2.44. The van der Waals surface area contributed by atoms with E-state index in [1.54, 1.807) is 6.07 Å². The van der Waals surface area contributed by atoms with E-state index in [0.717, 1.165) is 38.0 Å². The summed E-state index contributed by atoms with van der Waals surface area (Å²) in [7, 11) is 0. The highest BCUT2D eigenvalue weighted by Crippen LogP contribution is 2.25. The van der Waals surface area contributed by atoms with Crippen molar-refractivity contribution in [3.63, 3.8) is 0 Å². The smallest absolute Gasteiger partial charge is 0.142 e. The van der Waals surface area contributed by atoms with Crippen LogP contribution in [0.5, 0.6) is 0 Å². The molecule has 0 bridgehead atoms. The molecule has 0 aromatic heterocycles. The lowest BCUT2D eigenvalue weighted by molar-refractivity contribution is 0.0610. The van der Waals surface area contributed by atoms with Gasteiger partial charge in [-0.25, -0.2) is 4.39 Å². The van der Waals surface area contributed by atoms with E-state index in [1.165, 1.54) is 6.07 Å². The van der Waals surface area contributed by atoms with Crippen LogP contribution in [-0.2, 0) is 11.2 Å². The molecule has 0 amide bonds. The van der Waals surface area contributed by atoms with Crippen molar-refractivity contribution >= 4 is 11.6 Å². The van der Waals surface area contributed by atoms with Crippen molar-refractivity contribution in [3.05, 3.63) is 34.6 Å². The molecule has 1 heterocycles. The molecule has 0 aliphatic carbocycles. The van der Waals surface area contributed by atoms with Crippen molar-refractivity contribution in [2.75, 3.05) is 13.2 Å². The van der Waals surface area contributed by atoms with Crippen LogP contribution in [-0.4, -0.2) is 25.3 Å². The van der Waals surface area contributed by atoms with Crippen LogP contribution in [0.1, 0.15) is 32.3 Å². The summed E-state index contributed by atoms with van der Waals surface area (Å²) in [6, 6.07) is 5.28. The molecule has 3 unspecified atom stereocenters. The van der Waals surface area contributed by atoms with Gasteiger partial charge in [-0.3, -0.25) is 0 Å². The first-order valence-corrected chi connectivity index (χ1v) is 7.78. The normalized spacial score (nSPS) is 24.0.